The Morgan fingerprint density at radius 3 is 2.11 bits per heavy atom. The minimum Gasteiger partial charge on any atom is -0.321 e. The summed E-state index contributed by atoms with van der Waals surface area (Å²) < 4.78 is 0. The highest BCUT2D eigenvalue weighted by Gasteiger charge is 2.23. The first-order chi connectivity index (χ1) is 22.2. The average molecular weight is 651 g/mol. The molecule has 3 N–H and O–H groups in total. The van der Waals surface area contributed by atoms with Crippen LogP contribution in [0.5, 0.6) is 0 Å². The van der Waals surface area contributed by atoms with Gasteiger partial charge in [-0.15, -0.1) is 22.0 Å². The molecule has 0 aliphatic heterocycles. The molecular weight excluding hydrogens is 625 g/mol. The van der Waals surface area contributed by atoms with Crippen LogP contribution in [0.25, 0.3) is 6.08 Å². The summed E-state index contributed by atoms with van der Waals surface area (Å²) in [5.74, 6) is -1.35. The molecule has 1 aromatic heterocycles. The van der Waals surface area contributed by atoms with Crippen molar-refractivity contribution in [2.24, 2.45) is 0 Å². The number of rotatable bonds is 11. The standard InChI is InChI=1S/C33H26N6O5S2/c1-21-37-38-33(45-21)36-32(42)29(23-8-4-2-5-9-23)46-27-18-14-25(15-19-27)34-31(41)28(35-30(40)24-10-6-3-7-11-24)20-22-12-16-26(17-13-22)39(43)44/h2-20,29H,1H3,(H,34,41)(H,35,40)(H,36,38,42)/b28-20-. The van der Waals surface area contributed by atoms with Gasteiger partial charge in [-0.25, -0.2) is 0 Å². The molecule has 11 nitrogen and oxygen atoms in total. The van der Waals surface area contributed by atoms with Crippen LogP contribution >= 0.6 is 23.1 Å². The summed E-state index contributed by atoms with van der Waals surface area (Å²) in [5, 5.41) is 27.8. The summed E-state index contributed by atoms with van der Waals surface area (Å²) in [6, 6.07) is 30.3. The average Bonchev–Trinajstić information content (AvgIpc) is 3.48. The summed E-state index contributed by atoms with van der Waals surface area (Å²) in [7, 11) is 0. The van der Waals surface area contributed by atoms with Gasteiger partial charge in [0.15, 0.2) is 0 Å². The van der Waals surface area contributed by atoms with Crippen LogP contribution in [-0.4, -0.2) is 32.8 Å². The molecule has 4 aromatic carbocycles. The Kier molecular flexibility index (Phi) is 10.3. The summed E-state index contributed by atoms with van der Waals surface area (Å²) >= 11 is 2.62. The molecule has 0 fully saturated rings. The van der Waals surface area contributed by atoms with Gasteiger partial charge in [0.05, 0.1) is 4.92 Å². The third kappa shape index (κ3) is 8.49. The molecule has 0 spiro atoms. The van der Waals surface area contributed by atoms with E-state index in [1.165, 1.54) is 53.4 Å². The molecule has 1 atom stereocenters. The summed E-state index contributed by atoms with van der Waals surface area (Å²) in [6.45, 7) is 1.81. The first-order valence-corrected chi connectivity index (χ1v) is 15.5. The highest BCUT2D eigenvalue weighted by atomic mass is 32.2. The van der Waals surface area contributed by atoms with Gasteiger partial charge >= 0.3 is 0 Å². The number of amides is 3. The smallest absolute Gasteiger partial charge is 0.272 e. The van der Waals surface area contributed by atoms with Crippen molar-refractivity contribution in [3.05, 3.63) is 147 Å². The number of benzene rings is 4. The molecule has 0 saturated carbocycles. The lowest BCUT2D eigenvalue weighted by Gasteiger charge is -2.16. The van der Waals surface area contributed by atoms with Crippen molar-refractivity contribution >= 4 is 63.4 Å². The van der Waals surface area contributed by atoms with E-state index in [1.807, 2.05) is 37.3 Å². The number of nitro groups is 1. The highest BCUT2D eigenvalue weighted by molar-refractivity contribution is 8.00. The molecule has 0 saturated heterocycles. The minimum absolute atomic E-state index is 0.0612. The van der Waals surface area contributed by atoms with Crippen LogP contribution in [0.15, 0.2) is 120 Å². The van der Waals surface area contributed by atoms with Gasteiger partial charge in [-0.05, 0) is 72.7 Å². The van der Waals surface area contributed by atoms with Crippen molar-refractivity contribution in [2.75, 3.05) is 10.6 Å². The van der Waals surface area contributed by atoms with Crippen LogP contribution in [-0.2, 0) is 9.59 Å². The fourth-order valence-corrected chi connectivity index (χ4v) is 5.79. The molecule has 0 bridgehead atoms. The van der Waals surface area contributed by atoms with E-state index in [2.05, 4.69) is 26.1 Å². The molecule has 0 aliphatic rings. The largest absolute Gasteiger partial charge is 0.321 e. The number of anilines is 2. The van der Waals surface area contributed by atoms with Gasteiger partial charge < -0.3 is 10.6 Å². The van der Waals surface area contributed by atoms with Crippen LogP contribution < -0.4 is 16.0 Å². The second-order valence-electron chi connectivity index (χ2n) is 9.73. The lowest BCUT2D eigenvalue weighted by Crippen LogP contribution is -2.30. The van der Waals surface area contributed by atoms with Crippen LogP contribution in [0.1, 0.15) is 31.7 Å². The Hall–Kier alpha value is -5.66. The molecular formula is C33H26N6O5S2. The first kappa shape index (κ1) is 31.8. The van der Waals surface area contributed by atoms with Gasteiger partial charge in [-0.1, -0.05) is 59.9 Å². The lowest BCUT2D eigenvalue weighted by atomic mass is 10.1. The molecule has 5 aromatic rings. The van der Waals surface area contributed by atoms with Crippen LogP contribution in [0.4, 0.5) is 16.5 Å². The van der Waals surface area contributed by atoms with Crippen molar-refractivity contribution in [2.45, 2.75) is 17.1 Å². The Morgan fingerprint density at radius 1 is 0.848 bits per heavy atom. The molecule has 1 unspecified atom stereocenters. The number of hydrogen-bond acceptors (Lipinski definition) is 9. The molecule has 5 rings (SSSR count). The zero-order valence-corrected chi connectivity index (χ0v) is 25.9. The monoisotopic (exact) mass is 650 g/mol. The Morgan fingerprint density at radius 2 is 1.50 bits per heavy atom. The van der Waals surface area contributed by atoms with Gasteiger partial charge in [-0.2, -0.15) is 0 Å². The molecule has 230 valence electrons. The van der Waals surface area contributed by atoms with E-state index in [1.54, 1.807) is 54.6 Å². The van der Waals surface area contributed by atoms with Crippen LogP contribution in [0.2, 0.25) is 0 Å². The minimum atomic E-state index is -0.600. The Bertz CT molecular complexity index is 1880. The van der Waals surface area contributed by atoms with E-state index in [0.717, 1.165) is 15.5 Å². The van der Waals surface area contributed by atoms with E-state index in [4.69, 9.17) is 0 Å². The summed E-state index contributed by atoms with van der Waals surface area (Å²) in [6.07, 6.45) is 1.44. The van der Waals surface area contributed by atoms with Gasteiger partial charge in [-0.3, -0.25) is 29.8 Å². The summed E-state index contributed by atoms with van der Waals surface area (Å²) in [5.41, 5.74) is 1.92. The number of non-ortho nitro benzene ring substituents is 1. The predicted octanol–water partition coefficient (Wildman–Crippen LogP) is 6.64. The third-order valence-corrected chi connectivity index (χ3v) is 8.43. The SMILES string of the molecule is Cc1nnc(NC(=O)C(Sc2ccc(NC(=O)/C(=C/c3ccc([N+](=O)[O-])cc3)NC(=O)c3ccccc3)cc2)c2ccccc2)s1. The second-order valence-corrected chi connectivity index (χ2v) is 12.1. The normalized spacial score (nSPS) is 11.7. The van der Waals surface area contributed by atoms with Gasteiger partial charge in [0, 0.05) is 28.3 Å². The van der Waals surface area contributed by atoms with E-state index in [-0.39, 0.29) is 17.3 Å². The number of carbonyl (C=O) groups excluding carboxylic acids is 3. The maximum absolute atomic E-state index is 13.4. The first-order valence-electron chi connectivity index (χ1n) is 13.8. The van der Waals surface area contributed by atoms with Crippen molar-refractivity contribution in [1.29, 1.82) is 0 Å². The fourth-order valence-electron chi connectivity index (χ4n) is 4.17. The quantitative estimate of drug-likeness (QED) is 0.0622. The highest BCUT2D eigenvalue weighted by Crippen LogP contribution is 2.37. The third-order valence-electron chi connectivity index (χ3n) is 6.41. The number of nitro benzene ring substituents is 1. The predicted molar refractivity (Wildman–Crippen MR) is 178 cm³/mol. The number of carbonyl (C=O) groups is 3. The molecule has 3 amide bonds. The fraction of sp³-hybridized carbons (Fsp3) is 0.0606. The Labute approximate surface area is 271 Å². The van der Waals surface area contributed by atoms with Crippen LogP contribution in [0.3, 0.4) is 0 Å². The van der Waals surface area contributed by atoms with Gasteiger partial charge in [0.1, 0.15) is 16.0 Å². The number of thioether (sulfide) groups is 1. The Balaban J connectivity index is 1.33. The van der Waals surface area contributed by atoms with Crippen molar-refractivity contribution in [3.63, 3.8) is 0 Å². The zero-order chi connectivity index (χ0) is 32.5. The summed E-state index contributed by atoms with van der Waals surface area (Å²) in [4.78, 5) is 50.9. The van der Waals surface area contributed by atoms with Gasteiger partial charge in [0.2, 0.25) is 11.0 Å². The number of nitrogens with zero attached hydrogens (tertiary/aromatic N) is 3. The van der Waals surface area contributed by atoms with Gasteiger partial charge in [0.25, 0.3) is 17.5 Å². The number of nitrogens with one attached hydrogen (secondary N) is 3. The number of aromatic nitrogens is 2. The number of aryl methyl sites for hydroxylation is 1. The van der Waals surface area contributed by atoms with E-state index < -0.39 is 22.0 Å². The van der Waals surface area contributed by atoms with E-state index in [0.29, 0.717) is 21.9 Å². The zero-order valence-electron chi connectivity index (χ0n) is 24.2. The maximum atomic E-state index is 13.4. The van der Waals surface area contributed by atoms with Crippen molar-refractivity contribution in [3.8, 4) is 0 Å². The molecule has 0 radical (unpaired) electrons. The maximum Gasteiger partial charge on any atom is 0.272 e. The topological polar surface area (TPSA) is 156 Å². The van der Waals surface area contributed by atoms with Crippen molar-refractivity contribution in [1.82, 2.24) is 15.5 Å². The molecule has 1 heterocycles. The van der Waals surface area contributed by atoms with Crippen molar-refractivity contribution < 1.29 is 19.3 Å². The number of hydrogen-bond donors (Lipinski definition) is 3. The van der Waals surface area contributed by atoms with E-state index in [9.17, 15) is 24.5 Å². The van der Waals surface area contributed by atoms with Crippen LogP contribution in [0, 0.1) is 17.0 Å². The molecule has 46 heavy (non-hydrogen) atoms. The second kappa shape index (κ2) is 14.9. The molecule has 0 aliphatic carbocycles. The lowest BCUT2D eigenvalue weighted by molar-refractivity contribution is -0.384. The van der Waals surface area contributed by atoms with E-state index >= 15 is 0 Å². The molecule has 13 heteroatoms.